The van der Waals surface area contributed by atoms with Crippen molar-refractivity contribution in [3.63, 3.8) is 0 Å². The van der Waals surface area contributed by atoms with Crippen LogP contribution >= 0.6 is 11.3 Å². The third-order valence-electron chi connectivity index (χ3n) is 8.77. The van der Waals surface area contributed by atoms with Gasteiger partial charge in [-0.25, -0.2) is 19.9 Å². The molecule has 49 heavy (non-hydrogen) atoms. The van der Waals surface area contributed by atoms with Crippen LogP contribution in [0.5, 0.6) is 0 Å². The van der Waals surface area contributed by atoms with Crippen molar-refractivity contribution in [2.24, 2.45) is 0 Å². The molecule has 4 nitrogen and oxygen atoms in total. The van der Waals surface area contributed by atoms with Gasteiger partial charge in [-0.15, -0.1) is 11.3 Å². The Morgan fingerprint density at radius 2 is 0.857 bits per heavy atom. The summed E-state index contributed by atoms with van der Waals surface area (Å²) in [6, 6.07) is 58.7. The van der Waals surface area contributed by atoms with E-state index in [1.165, 1.54) is 10.3 Å². The van der Waals surface area contributed by atoms with Gasteiger partial charge in [0.15, 0.2) is 5.82 Å². The normalized spacial score (nSPS) is 11.3. The lowest BCUT2D eigenvalue weighted by Gasteiger charge is -2.11. The topological polar surface area (TPSA) is 51.6 Å². The lowest BCUT2D eigenvalue weighted by Crippen LogP contribution is -1.96. The molecule has 6 aromatic carbocycles. The lowest BCUT2D eigenvalue weighted by molar-refractivity contribution is 1.18. The van der Waals surface area contributed by atoms with Crippen LogP contribution in [-0.2, 0) is 0 Å². The molecule has 0 unspecified atom stereocenters. The first-order chi connectivity index (χ1) is 24.2. The predicted molar refractivity (Wildman–Crippen MR) is 203 cm³/mol. The second-order valence-corrected chi connectivity index (χ2v) is 13.0. The zero-order valence-corrected chi connectivity index (χ0v) is 27.2. The number of nitrogens with zero attached hydrogens (tertiary/aromatic N) is 4. The number of hydrogen-bond donors (Lipinski definition) is 0. The van der Waals surface area contributed by atoms with Gasteiger partial charge in [0, 0.05) is 33.2 Å². The predicted octanol–water partition coefficient (Wildman–Crippen LogP) is 11.6. The maximum atomic E-state index is 5.10. The maximum absolute atomic E-state index is 5.10. The molecule has 0 amide bonds. The lowest BCUT2D eigenvalue weighted by atomic mass is 10.0. The van der Waals surface area contributed by atoms with E-state index >= 15 is 0 Å². The molecule has 3 aromatic heterocycles. The highest BCUT2D eigenvalue weighted by molar-refractivity contribution is 7.21. The summed E-state index contributed by atoms with van der Waals surface area (Å²) >= 11 is 1.71. The Kier molecular flexibility index (Phi) is 7.30. The van der Waals surface area contributed by atoms with Gasteiger partial charge in [-0.05, 0) is 41.5 Å². The molecule has 0 N–H and O–H groups in total. The van der Waals surface area contributed by atoms with E-state index in [0.717, 1.165) is 71.9 Å². The van der Waals surface area contributed by atoms with E-state index in [1.807, 2.05) is 24.3 Å². The van der Waals surface area contributed by atoms with Crippen molar-refractivity contribution in [2.45, 2.75) is 0 Å². The summed E-state index contributed by atoms with van der Waals surface area (Å²) in [6.45, 7) is 0. The fraction of sp³-hybridized carbons (Fsp3) is 0. The van der Waals surface area contributed by atoms with Crippen molar-refractivity contribution in [3.05, 3.63) is 170 Å². The molecule has 0 radical (unpaired) electrons. The van der Waals surface area contributed by atoms with Gasteiger partial charge in [-0.3, -0.25) is 0 Å². The quantitative estimate of drug-likeness (QED) is 0.181. The fourth-order valence-electron chi connectivity index (χ4n) is 6.13. The molecule has 0 aliphatic carbocycles. The van der Waals surface area contributed by atoms with Crippen LogP contribution in [0.15, 0.2) is 170 Å². The van der Waals surface area contributed by atoms with E-state index in [4.69, 9.17) is 19.9 Å². The Morgan fingerprint density at radius 3 is 1.55 bits per heavy atom. The van der Waals surface area contributed by atoms with Crippen LogP contribution in [0.4, 0.5) is 0 Å². The molecule has 9 rings (SSSR count). The highest BCUT2D eigenvalue weighted by Crippen LogP contribution is 2.34. The number of aromatic nitrogens is 4. The Balaban J connectivity index is 1.09. The van der Waals surface area contributed by atoms with Gasteiger partial charge < -0.3 is 0 Å². The molecule has 3 heterocycles. The molecule has 0 saturated carbocycles. The zero-order valence-electron chi connectivity index (χ0n) is 26.4. The molecule has 0 aliphatic heterocycles. The minimum absolute atomic E-state index is 0.683. The van der Waals surface area contributed by atoms with E-state index < -0.39 is 0 Å². The number of hydrogen-bond acceptors (Lipinski definition) is 5. The molecular formula is C44H28N4S. The molecule has 0 saturated heterocycles. The van der Waals surface area contributed by atoms with Crippen molar-refractivity contribution in [1.29, 1.82) is 0 Å². The summed E-state index contributed by atoms with van der Waals surface area (Å²) in [7, 11) is 0. The summed E-state index contributed by atoms with van der Waals surface area (Å²) in [6.07, 6.45) is 0. The summed E-state index contributed by atoms with van der Waals surface area (Å²) in [5, 5.41) is 2.14. The second-order valence-electron chi connectivity index (χ2n) is 11.9. The Hall–Kier alpha value is -6.30. The van der Waals surface area contributed by atoms with Crippen LogP contribution < -0.4 is 0 Å². The van der Waals surface area contributed by atoms with Crippen LogP contribution in [0.1, 0.15) is 0 Å². The first-order valence-corrected chi connectivity index (χ1v) is 17.0. The molecule has 5 heteroatoms. The van der Waals surface area contributed by atoms with Crippen molar-refractivity contribution >= 4 is 32.5 Å². The Labute approximate surface area is 288 Å². The summed E-state index contributed by atoms with van der Waals surface area (Å²) in [4.78, 5) is 19.9. The zero-order chi connectivity index (χ0) is 32.6. The van der Waals surface area contributed by atoms with Crippen molar-refractivity contribution in [2.75, 3.05) is 0 Å². The molecule has 230 valence electrons. The molecule has 0 spiro atoms. The van der Waals surface area contributed by atoms with E-state index in [1.54, 1.807) is 11.3 Å². The summed E-state index contributed by atoms with van der Waals surface area (Å²) in [5.74, 6) is 0.683. The van der Waals surface area contributed by atoms with E-state index in [2.05, 4.69) is 146 Å². The third kappa shape index (κ3) is 5.77. The standard InChI is InChI=1S/C44H28N4S/c1-2-8-29(9-3-1)30-14-22-35(23-15-30)43-46-40(33-18-16-32(17-19-33)38-27-26-31-10-4-5-11-37(31)45-38)28-41(47-43)34-20-24-36(25-21-34)44-48-39-12-6-7-13-42(39)49-44/h1-28H. The monoisotopic (exact) mass is 644 g/mol. The van der Waals surface area contributed by atoms with Gasteiger partial charge in [0.1, 0.15) is 5.01 Å². The van der Waals surface area contributed by atoms with Gasteiger partial charge >= 0.3 is 0 Å². The van der Waals surface area contributed by atoms with Gasteiger partial charge in [0.05, 0.1) is 32.8 Å². The molecule has 9 aromatic rings. The fourth-order valence-corrected chi connectivity index (χ4v) is 7.10. The van der Waals surface area contributed by atoms with Gasteiger partial charge in [-0.2, -0.15) is 0 Å². The highest BCUT2D eigenvalue weighted by Gasteiger charge is 2.13. The Bertz CT molecular complexity index is 2540. The average Bonchev–Trinajstić information content (AvgIpc) is 3.63. The molecule has 0 fully saturated rings. The van der Waals surface area contributed by atoms with Gasteiger partial charge in [0.25, 0.3) is 0 Å². The molecule has 0 aliphatic rings. The molecule has 0 atom stereocenters. The van der Waals surface area contributed by atoms with E-state index in [0.29, 0.717) is 5.82 Å². The number of pyridine rings is 1. The maximum Gasteiger partial charge on any atom is 0.160 e. The second kappa shape index (κ2) is 12.4. The van der Waals surface area contributed by atoms with Crippen LogP contribution in [0.25, 0.3) is 88.0 Å². The SMILES string of the molecule is c1ccc(-c2ccc(-c3nc(-c4ccc(-c5ccc6ccccc6n5)cc4)cc(-c4ccc(-c5nc6ccccc6s5)cc4)n3)cc2)cc1. The van der Waals surface area contributed by atoms with Crippen molar-refractivity contribution in [1.82, 2.24) is 19.9 Å². The van der Waals surface area contributed by atoms with Crippen LogP contribution in [0, 0.1) is 0 Å². The molecular weight excluding hydrogens is 617 g/mol. The van der Waals surface area contributed by atoms with Crippen LogP contribution in [-0.4, -0.2) is 19.9 Å². The van der Waals surface area contributed by atoms with Crippen molar-refractivity contribution in [3.8, 4) is 66.9 Å². The smallest absolute Gasteiger partial charge is 0.160 e. The van der Waals surface area contributed by atoms with Crippen molar-refractivity contribution < 1.29 is 0 Å². The number of thiazole rings is 1. The summed E-state index contributed by atoms with van der Waals surface area (Å²) < 4.78 is 1.19. The number of fused-ring (bicyclic) bond motifs is 2. The third-order valence-corrected chi connectivity index (χ3v) is 9.86. The number of benzene rings is 6. The largest absolute Gasteiger partial charge is 0.248 e. The Morgan fingerprint density at radius 1 is 0.327 bits per heavy atom. The number of rotatable bonds is 6. The minimum Gasteiger partial charge on any atom is -0.248 e. The molecule has 0 bridgehead atoms. The van der Waals surface area contributed by atoms with E-state index in [9.17, 15) is 0 Å². The summed E-state index contributed by atoms with van der Waals surface area (Å²) in [5.41, 5.74) is 12.2. The first-order valence-electron chi connectivity index (χ1n) is 16.2. The highest BCUT2D eigenvalue weighted by atomic mass is 32.1. The number of para-hydroxylation sites is 2. The van der Waals surface area contributed by atoms with Gasteiger partial charge in [-0.1, -0.05) is 140 Å². The first kappa shape index (κ1) is 28.9. The van der Waals surface area contributed by atoms with Crippen LogP contribution in [0.2, 0.25) is 0 Å². The van der Waals surface area contributed by atoms with E-state index in [-0.39, 0.29) is 0 Å². The average molecular weight is 645 g/mol. The van der Waals surface area contributed by atoms with Gasteiger partial charge in [0.2, 0.25) is 0 Å². The minimum atomic E-state index is 0.683. The van der Waals surface area contributed by atoms with Crippen LogP contribution in [0.3, 0.4) is 0 Å².